The SMILES string of the molecule is CC(=O)N1CC([C@@H]2CN(C(=O)c3ccncc3)c3ccccc32)C1. The minimum absolute atomic E-state index is 0.00935. The van der Waals surface area contributed by atoms with Crippen LogP contribution in [0.25, 0.3) is 0 Å². The van der Waals surface area contributed by atoms with Crippen LogP contribution in [0.1, 0.15) is 28.8 Å². The number of likely N-dealkylation sites (tertiary alicyclic amines) is 1. The normalized spacial score (nSPS) is 19.8. The molecule has 2 aliphatic rings. The summed E-state index contributed by atoms with van der Waals surface area (Å²) < 4.78 is 0. The summed E-state index contributed by atoms with van der Waals surface area (Å²) in [5.41, 5.74) is 2.86. The molecule has 1 saturated heterocycles. The largest absolute Gasteiger partial charge is 0.342 e. The van der Waals surface area contributed by atoms with Crippen molar-refractivity contribution < 1.29 is 9.59 Å². The van der Waals surface area contributed by atoms with Gasteiger partial charge in [-0.05, 0) is 23.8 Å². The van der Waals surface area contributed by atoms with E-state index >= 15 is 0 Å². The Morgan fingerprint density at radius 1 is 1.04 bits per heavy atom. The lowest BCUT2D eigenvalue weighted by molar-refractivity contribution is -0.135. The van der Waals surface area contributed by atoms with Crippen LogP contribution in [0.2, 0.25) is 0 Å². The second kappa shape index (κ2) is 5.74. The van der Waals surface area contributed by atoms with E-state index in [0.29, 0.717) is 23.9 Å². The van der Waals surface area contributed by atoms with Gasteiger partial charge in [0.1, 0.15) is 0 Å². The highest BCUT2D eigenvalue weighted by atomic mass is 16.2. The van der Waals surface area contributed by atoms with Crippen molar-refractivity contribution in [2.45, 2.75) is 12.8 Å². The number of rotatable bonds is 2. The third-order valence-electron chi connectivity index (χ3n) is 5.10. The number of anilines is 1. The van der Waals surface area contributed by atoms with Crippen LogP contribution in [0.3, 0.4) is 0 Å². The number of carbonyl (C=O) groups excluding carboxylic acids is 2. The van der Waals surface area contributed by atoms with Crippen LogP contribution in [0.4, 0.5) is 5.69 Å². The predicted molar refractivity (Wildman–Crippen MR) is 90.8 cm³/mol. The molecular formula is C19H19N3O2. The van der Waals surface area contributed by atoms with Crippen molar-refractivity contribution in [2.24, 2.45) is 5.92 Å². The Morgan fingerprint density at radius 2 is 1.75 bits per heavy atom. The molecule has 24 heavy (non-hydrogen) atoms. The smallest absolute Gasteiger partial charge is 0.258 e. The maximum Gasteiger partial charge on any atom is 0.258 e. The number of pyridine rings is 1. The monoisotopic (exact) mass is 321 g/mol. The Hall–Kier alpha value is -2.69. The van der Waals surface area contributed by atoms with Gasteiger partial charge in [-0.15, -0.1) is 0 Å². The van der Waals surface area contributed by atoms with Crippen LogP contribution in [0, 0.1) is 5.92 Å². The van der Waals surface area contributed by atoms with Crippen LogP contribution in [0.15, 0.2) is 48.8 Å². The van der Waals surface area contributed by atoms with Gasteiger partial charge in [-0.3, -0.25) is 14.6 Å². The Labute approximate surface area is 140 Å². The number of para-hydroxylation sites is 1. The first-order chi connectivity index (χ1) is 11.6. The van der Waals surface area contributed by atoms with Gasteiger partial charge < -0.3 is 9.80 Å². The third-order valence-corrected chi connectivity index (χ3v) is 5.10. The van der Waals surface area contributed by atoms with Gasteiger partial charge in [0.25, 0.3) is 5.91 Å². The number of aromatic nitrogens is 1. The zero-order valence-corrected chi connectivity index (χ0v) is 13.6. The average Bonchev–Trinajstić information content (AvgIpc) is 2.93. The third kappa shape index (κ3) is 2.37. The number of hydrogen-bond donors (Lipinski definition) is 0. The first-order valence-electron chi connectivity index (χ1n) is 8.21. The lowest BCUT2D eigenvalue weighted by atomic mass is 9.82. The van der Waals surface area contributed by atoms with Crippen molar-refractivity contribution in [2.75, 3.05) is 24.5 Å². The molecule has 5 nitrogen and oxygen atoms in total. The summed E-state index contributed by atoms with van der Waals surface area (Å²) in [5, 5.41) is 0. The number of amides is 2. The van der Waals surface area contributed by atoms with Gasteiger partial charge in [0.2, 0.25) is 5.91 Å². The van der Waals surface area contributed by atoms with Gasteiger partial charge in [0, 0.05) is 62.0 Å². The highest BCUT2D eigenvalue weighted by Gasteiger charge is 2.42. The molecule has 0 spiro atoms. The zero-order chi connectivity index (χ0) is 16.7. The van der Waals surface area contributed by atoms with Gasteiger partial charge in [0.15, 0.2) is 0 Å². The molecule has 0 saturated carbocycles. The topological polar surface area (TPSA) is 53.5 Å². The minimum Gasteiger partial charge on any atom is -0.342 e. The minimum atomic E-state index is 0.00935. The van der Waals surface area contributed by atoms with E-state index in [0.717, 1.165) is 18.8 Å². The lowest BCUT2D eigenvalue weighted by Crippen LogP contribution is -2.52. The lowest BCUT2D eigenvalue weighted by Gasteiger charge is -2.42. The molecule has 1 aromatic carbocycles. The first-order valence-corrected chi connectivity index (χ1v) is 8.21. The summed E-state index contributed by atoms with van der Waals surface area (Å²) in [4.78, 5) is 32.0. The maximum atomic E-state index is 12.9. The van der Waals surface area contributed by atoms with Gasteiger partial charge >= 0.3 is 0 Å². The average molecular weight is 321 g/mol. The second-order valence-corrected chi connectivity index (χ2v) is 6.50. The Kier molecular flexibility index (Phi) is 3.56. The number of hydrogen-bond acceptors (Lipinski definition) is 3. The van der Waals surface area contributed by atoms with E-state index in [4.69, 9.17) is 0 Å². The molecule has 0 aliphatic carbocycles. The van der Waals surface area contributed by atoms with Crippen molar-refractivity contribution in [3.63, 3.8) is 0 Å². The van der Waals surface area contributed by atoms with Crippen molar-refractivity contribution in [3.05, 3.63) is 59.9 Å². The molecule has 1 fully saturated rings. The van der Waals surface area contributed by atoms with E-state index in [-0.39, 0.29) is 11.8 Å². The molecule has 0 radical (unpaired) electrons. The Balaban J connectivity index is 1.60. The van der Waals surface area contributed by atoms with Crippen molar-refractivity contribution in [3.8, 4) is 0 Å². The van der Waals surface area contributed by atoms with Crippen molar-refractivity contribution in [1.29, 1.82) is 0 Å². The molecule has 0 bridgehead atoms. The molecule has 122 valence electrons. The summed E-state index contributed by atoms with van der Waals surface area (Å²) >= 11 is 0. The fourth-order valence-corrected chi connectivity index (χ4v) is 3.71. The van der Waals surface area contributed by atoms with Gasteiger partial charge in [-0.1, -0.05) is 18.2 Å². The highest BCUT2D eigenvalue weighted by molar-refractivity contribution is 6.07. The number of carbonyl (C=O) groups is 2. The number of fused-ring (bicyclic) bond motifs is 1. The summed E-state index contributed by atoms with van der Waals surface area (Å²) in [5.74, 6) is 0.852. The predicted octanol–water partition coefficient (Wildman–Crippen LogP) is 2.30. The fraction of sp³-hybridized carbons (Fsp3) is 0.316. The summed E-state index contributed by atoms with van der Waals surface area (Å²) in [6, 6.07) is 11.6. The summed E-state index contributed by atoms with van der Waals surface area (Å²) in [6.07, 6.45) is 3.28. The quantitative estimate of drug-likeness (QED) is 0.853. The summed E-state index contributed by atoms with van der Waals surface area (Å²) in [7, 11) is 0. The van der Waals surface area contributed by atoms with Crippen LogP contribution >= 0.6 is 0 Å². The molecule has 4 rings (SSSR count). The van der Waals surface area contributed by atoms with E-state index in [1.807, 2.05) is 28.0 Å². The Bertz CT molecular complexity index is 784. The van der Waals surface area contributed by atoms with Crippen LogP contribution in [-0.2, 0) is 4.79 Å². The number of benzene rings is 1. The van der Waals surface area contributed by atoms with E-state index in [9.17, 15) is 9.59 Å². The highest BCUT2D eigenvalue weighted by Crippen LogP contribution is 2.43. The first kappa shape index (κ1) is 14.9. The molecule has 2 amide bonds. The second-order valence-electron chi connectivity index (χ2n) is 6.50. The van der Waals surface area contributed by atoms with E-state index < -0.39 is 0 Å². The van der Waals surface area contributed by atoms with E-state index in [2.05, 4.69) is 11.1 Å². The van der Waals surface area contributed by atoms with Gasteiger partial charge in [-0.2, -0.15) is 0 Å². The Morgan fingerprint density at radius 3 is 2.46 bits per heavy atom. The summed E-state index contributed by atoms with van der Waals surface area (Å²) in [6.45, 7) is 3.85. The van der Waals surface area contributed by atoms with Crippen LogP contribution < -0.4 is 4.90 Å². The number of nitrogens with zero attached hydrogens (tertiary/aromatic N) is 3. The standard InChI is InChI=1S/C19H19N3O2/c1-13(23)21-10-15(11-21)17-12-22(18-5-3-2-4-16(17)18)19(24)14-6-8-20-9-7-14/h2-9,15,17H,10-12H2,1H3/t17-/m0/s1. The van der Waals surface area contributed by atoms with Crippen molar-refractivity contribution in [1.82, 2.24) is 9.88 Å². The molecular weight excluding hydrogens is 302 g/mol. The fourth-order valence-electron chi connectivity index (χ4n) is 3.71. The molecule has 1 aromatic heterocycles. The zero-order valence-electron chi connectivity index (χ0n) is 13.6. The van der Waals surface area contributed by atoms with E-state index in [1.165, 1.54) is 5.56 Å². The van der Waals surface area contributed by atoms with Gasteiger partial charge in [0.05, 0.1) is 0 Å². The van der Waals surface area contributed by atoms with Crippen LogP contribution in [0.5, 0.6) is 0 Å². The molecule has 0 N–H and O–H groups in total. The van der Waals surface area contributed by atoms with Gasteiger partial charge in [-0.25, -0.2) is 0 Å². The molecule has 3 heterocycles. The molecule has 1 atom stereocenters. The van der Waals surface area contributed by atoms with Crippen LogP contribution in [-0.4, -0.2) is 41.3 Å². The van der Waals surface area contributed by atoms with E-state index in [1.54, 1.807) is 31.5 Å². The maximum absolute atomic E-state index is 12.9. The molecule has 2 aliphatic heterocycles. The molecule has 0 unspecified atom stereocenters. The van der Waals surface area contributed by atoms with Crippen molar-refractivity contribution >= 4 is 17.5 Å². The molecule has 5 heteroatoms. The molecule has 2 aromatic rings.